The topological polar surface area (TPSA) is 128 Å². The fourth-order valence-corrected chi connectivity index (χ4v) is 4.35. The second-order valence-corrected chi connectivity index (χ2v) is 8.16. The fraction of sp³-hybridized carbons (Fsp3) is 0.273. The Morgan fingerprint density at radius 3 is 2.53 bits per heavy atom. The second kappa shape index (κ2) is 9.88. The number of carbonyl (C=O) groups is 1. The Labute approximate surface area is 204 Å². The molecule has 0 spiro atoms. The predicted octanol–water partition coefficient (Wildman–Crippen LogP) is 2.63. The molecule has 1 amide bonds. The molecule has 34 heavy (non-hydrogen) atoms. The zero-order valence-corrected chi connectivity index (χ0v) is 19.8. The maximum atomic E-state index is 12.8. The highest BCUT2D eigenvalue weighted by atomic mass is 35.5. The Hall–Kier alpha value is -3.34. The molecule has 10 nitrogen and oxygen atoms in total. The first-order valence-electron chi connectivity index (χ1n) is 10.2. The second-order valence-electron chi connectivity index (χ2n) is 7.41. The number of rotatable bonds is 7. The summed E-state index contributed by atoms with van der Waals surface area (Å²) in [7, 11) is 2.90. The number of hydrogen-bond donors (Lipinski definition) is 3. The Balaban J connectivity index is 1.69. The summed E-state index contributed by atoms with van der Waals surface area (Å²) in [6.07, 6.45) is 2.70. The number of amides is 1. The van der Waals surface area contributed by atoms with Crippen LogP contribution in [0.2, 0.25) is 10.0 Å². The van der Waals surface area contributed by atoms with E-state index in [2.05, 4.69) is 32.5 Å². The molecule has 3 aromatic rings. The Morgan fingerprint density at radius 2 is 1.88 bits per heavy atom. The molecule has 2 aromatic heterocycles. The fourth-order valence-electron chi connectivity index (χ4n) is 3.66. The molecule has 2 unspecified atom stereocenters. The molecule has 3 N–H and O–H groups in total. The molecule has 1 aromatic carbocycles. The number of nitrogens with one attached hydrogen (secondary N) is 3. The molecule has 0 aliphatic carbocycles. The molecule has 0 bridgehead atoms. The summed E-state index contributed by atoms with van der Waals surface area (Å²) in [5.74, 6) is 0.665. The van der Waals surface area contributed by atoms with Crippen LogP contribution in [0.5, 0.6) is 11.5 Å². The summed E-state index contributed by atoms with van der Waals surface area (Å²) < 4.78 is 16.1. The average Bonchev–Trinajstić information content (AvgIpc) is 3.26. The van der Waals surface area contributed by atoms with Crippen molar-refractivity contribution in [1.82, 2.24) is 20.6 Å². The van der Waals surface area contributed by atoms with Crippen molar-refractivity contribution in [2.45, 2.75) is 12.1 Å². The molecule has 4 rings (SSSR count). The highest BCUT2D eigenvalue weighted by Crippen LogP contribution is 2.45. The lowest BCUT2D eigenvalue weighted by Gasteiger charge is -2.20. The molecule has 1 aliphatic heterocycles. The van der Waals surface area contributed by atoms with E-state index in [1.165, 1.54) is 32.6 Å². The molecular weight excluding hydrogens is 485 g/mol. The number of hydrogen-bond acceptors (Lipinski definition) is 9. The highest BCUT2D eigenvalue weighted by Gasteiger charge is 2.29. The van der Waals surface area contributed by atoms with Gasteiger partial charge in [0.2, 0.25) is 11.9 Å². The van der Waals surface area contributed by atoms with E-state index in [-0.39, 0.29) is 50.8 Å². The molecule has 0 saturated carbocycles. The minimum atomic E-state index is -0.701. The van der Waals surface area contributed by atoms with Gasteiger partial charge < -0.3 is 29.8 Å². The molecule has 2 atom stereocenters. The number of benzene rings is 1. The van der Waals surface area contributed by atoms with Crippen LogP contribution in [0.3, 0.4) is 0 Å². The van der Waals surface area contributed by atoms with E-state index in [9.17, 15) is 9.59 Å². The lowest BCUT2D eigenvalue weighted by Crippen LogP contribution is -2.45. The van der Waals surface area contributed by atoms with E-state index in [0.717, 1.165) is 0 Å². The minimum absolute atomic E-state index is 0.0704. The zero-order chi connectivity index (χ0) is 24.4. The van der Waals surface area contributed by atoms with E-state index in [0.29, 0.717) is 30.0 Å². The third-order valence-electron chi connectivity index (χ3n) is 5.36. The molecule has 1 aliphatic rings. The van der Waals surface area contributed by atoms with Crippen molar-refractivity contribution in [3.63, 3.8) is 0 Å². The molecule has 1 saturated heterocycles. The van der Waals surface area contributed by atoms with Gasteiger partial charge in [-0.3, -0.25) is 4.79 Å². The minimum Gasteiger partial charge on any atom is -0.495 e. The Morgan fingerprint density at radius 1 is 1.21 bits per heavy atom. The van der Waals surface area contributed by atoms with Crippen molar-refractivity contribution in [3.05, 3.63) is 51.4 Å². The van der Waals surface area contributed by atoms with Gasteiger partial charge in [-0.1, -0.05) is 29.8 Å². The predicted molar refractivity (Wildman–Crippen MR) is 129 cm³/mol. The van der Waals surface area contributed by atoms with Gasteiger partial charge in [-0.05, 0) is 12.1 Å². The number of methoxy groups -OCH3 is 2. The van der Waals surface area contributed by atoms with Gasteiger partial charge in [0, 0.05) is 30.7 Å². The van der Waals surface area contributed by atoms with E-state index in [1.807, 2.05) is 0 Å². The third-order valence-corrected chi connectivity index (χ3v) is 6.11. The number of ether oxygens (including phenoxy) is 2. The van der Waals surface area contributed by atoms with Gasteiger partial charge in [0.05, 0.1) is 41.9 Å². The van der Waals surface area contributed by atoms with Crippen LogP contribution in [0, 0.1) is 0 Å². The molecule has 12 heteroatoms. The van der Waals surface area contributed by atoms with Crippen LogP contribution in [0.25, 0.3) is 22.2 Å². The van der Waals surface area contributed by atoms with Crippen molar-refractivity contribution in [2.75, 3.05) is 32.6 Å². The van der Waals surface area contributed by atoms with Gasteiger partial charge in [0.1, 0.15) is 17.3 Å². The van der Waals surface area contributed by atoms with Gasteiger partial charge in [-0.15, -0.1) is 0 Å². The maximum Gasteiger partial charge on any atom is 0.363 e. The first-order chi connectivity index (χ1) is 16.4. The van der Waals surface area contributed by atoms with Gasteiger partial charge in [0.15, 0.2) is 5.52 Å². The lowest BCUT2D eigenvalue weighted by molar-refractivity contribution is -0.117. The summed E-state index contributed by atoms with van der Waals surface area (Å²) in [4.78, 5) is 33.1. The van der Waals surface area contributed by atoms with Crippen LogP contribution in [0.1, 0.15) is 0 Å². The molecule has 3 heterocycles. The van der Waals surface area contributed by atoms with E-state index in [4.69, 9.17) is 37.1 Å². The quantitative estimate of drug-likeness (QED) is 0.415. The van der Waals surface area contributed by atoms with Crippen molar-refractivity contribution < 1.29 is 18.7 Å². The van der Waals surface area contributed by atoms with E-state index < -0.39 is 5.63 Å². The summed E-state index contributed by atoms with van der Waals surface area (Å²) in [6.45, 7) is 4.61. The van der Waals surface area contributed by atoms with E-state index in [1.54, 1.807) is 6.07 Å². The molecular formula is C22H21Cl2N5O5. The van der Waals surface area contributed by atoms with Crippen LogP contribution in [0.4, 0.5) is 5.95 Å². The summed E-state index contributed by atoms with van der Waals surface area (Å²) in [6, 6.07) is 2.72. The number of fused-ring (bicyclic) bond motifs is 1. The van der Waals surface area contributed by atoms with Crippen molar-refractivity contribution in [1.29, 1.82) is 0 Å². The largest absolute Gasteiger partial charge is 0.495 e. The standard InChI is InChI=1S/C22H21Cl2N5O5/c1-4-16(30)27-11-8-25-9-12(11)28-22-26-7-10-5-13(34-21(31)20(10)29-22)17-18(23)14(32-2)6-15(33-3)19(17)24/h4-7,11-12,25H,1,8-9H2,2-3H3,(H,27,30)(H,26,28,29). The number of nitrogens with zero attached hydrogens (tertiary/aromatic N) is 2. The van der Waals surface area contributed by atoms with Crippen molar-refractivity contribution in [3.8, 4) is 22.8 Å². The number of halogens is 2. The summed E-state index contributed by atoms with van der Waals surface area (Å²) in [5, 5.41) is 9.92. The first kappa shape index (κ1) is 23.8. The molecule has 0 radical (unpaired) electrons. The summed E-state index contributed by atoms with van der Waals surface area (Å²) >= 11 is 12.9. The third kappa shape index (κ3) is 4.52. The smallest absolute Gasteiger partial charge is 0.363 e. The van der Waals surface area contributed by atoms with Crippen LogP contribution in [0.15, 0.2) is 40.2 Å². The normalized spacial score (nSPS) is 17.4. The average molecular weight is 506 g/mol. The highest BCUT2D eigenvalue weighted by molar-refractivity contribution is 6.41. The Kier molecular flexibility index (Phi) is 6.92. The van der Waals surface area contributed by atoms with Crippen LogP contribution >= 0.6 is 23.2 Å². The number of carbonyl (C=O) groups excluding carboxylic acids is 1. The van der Waals surface area contributed by atoms with Crippen molar-refractivity contribution in [2.24, 2.45) is 0 Å². The van der Waals surface area contributed by atoms with E-state index >= 15 is 0 Å². The Bertz CT molecular complexity index is 1300. The molecule has 1 fully saturated rings. The van der Waals surface area contributed by atoms with Crippen LogP contribution in [-0.2, 0) is 4.79 Å². The number of aromatic nitrogens is 2. The van der Waals surface area contributed by atoms with Gasteiger partial charge in [-0.25, -0.2) is 14.8 Å². The maximum absolute atomic E-state index is 12.8. The first-order valence-corrected chi connectivity index (χ1v) is 10.9. The SMILES string of the molecule is C=CC(=O)NC1CNCC1Nc1ncc2cc(-c3c(Cl)c(OC)cc(OC)c3Cl)oc(=O)c2n1. The van der Waals surface area contributed by atoms with Crippen molar-refractivity contribution >= 4 is 46.0 Å². The lowest BCUT2D eigenvalue weighted by atomic mass is 10.1. The van der Waals surface area contributed by atoms with Gasteiger partial charge >= 0.3 is 5.63 Å². The molecule has 178 valence electrons. The van der Waals surface area contributed by atoms with Crippen LogP contribution < -0.4 is 31.0 Å². The monoisotopic (exact) mass is 505 g/mol. The zero-order valence-electron chi connectivity index (χ0n) is 18.3. The number of anilines is 1. The van der Waals surface area contributed by atoms with Crippen LogP contribution in [-0.4, -0.2) is 55.3 Å². The van der Waals surface area contributed by atoms with Gasteiger partial charge in [-0.2, -0.15) is 0 Å². The summed E-state index contributed by atoms with van der Waals surface area (Å²) in [5.41, 5.74) is -0.382. The van der Waals surface area contributed by atoms with Gasteiger partial charge in [0.25, 0.3) is 0 Å².